The van der Waals surface area contributed by atoms with Crippen LogP contribution in [-0.2, 0) is 4.74 Å². The molecule has 112 valence electrons. The highest BCUT2D eigenvalue weighted by Crippen LogP contribution is 2.26. The van der Waals surface area contributed by atoms with E-state index in [1.807, 2.05) is 27.7 Å². The third-order valence-electron chi connectivity index (χ3n) is 3.28. The van der Waals surface area contributed by atoms with Gasteiger partial charge in [0.2, 0.25) is 0 Å². The SMILES string of the molecule is CC(C)c1nc(N)cc(N2CC(CO)OC(C)(C)C2)n1. The van der Waals surface area contributed by atoms with Gasteiger partial charge in [-0.05, 0) is 13.8 Å². The van der Waals surface area contributed by atoms with E-state index in [4.69, 9.17) is 10.5 Å². The van der Waals surface area contributed by atoms with Gasteiger partial charge in [0.1, 0.15) is 17.5 Å². The van der Waals surface area contributed by atoms with Crippen LogP contribution < -0.4 is 10.6 Å². The monoisotopic (exact) mass is 280 g/mol. The van der Waals surface area contributed by atoms with Crippen LogP contribution >= 0.6 is 0 Å². The number of hydrogen-bond acceptors (Lipinski definition) is 6. The number of nitrogens with zero attached hydrogens (tertiary/aromatic N) is 3. The van der Waals surface area contributed by atoms with Gasteiger partial charge < -0.3 is 20.5 Å². The van der Waals surface area contributed by atoms with Crippen LogP contribution in [0.1, 0.15) is 39.4 Å². The summed E-state index contributed by atoms with van der Waals surface area (Å²) in [4.78, 5) is 11.0. The Morgan fingerprint density at radius 3 is 2.80 bits per heavy atom. The zero-order valence-electron chi connectivity index (χ0n) is 12.6. The van der Waals surface area contributed by atoms with E-state index in [9.17, 15) is 5.11 Å². The summed E-state index contributed by atoms with van der Waals surface area (Å²) >= 11 is 0. The number of aliphatic hydroxyl groups is 1. The second-order valence-corrected chi connectivity index (χ2v) is 6.23. The summed E-state index contributed by atoms with van der Waals surface area (Å²) in [6, 6.07) is 1.78. The second-order valence-electron chi connectivity index (χ2n) is 6.23. The first-order chi connectivity index (χ1) is 9.30. The van der Waals surface area contributed by atoms with Crippen LogP contribution in [0.4, 0.5) is 11.6 Å². The highest BCUT2D eigenvalue weighted by molar-refractivity contribution is 5.48. The lowest BCUT2D eigenvalue weighted by Crippen LogP contribution is -2.54. The van der Waals surface area contributed by atoms with E-state index >= 15 is 0 Å². The zero-order valence-corrected chi connectivity index (χ0v) is 12.6. The summed E-state index contributed by atoms with van der Waals surface area (Å²) in [6.07, 6.45) is -0.211. The van der Waals surface area contributed by atoms with E-state index in [2.05, 4.69) is 14.9 Å². The van der Waals surface area contributed by atoms with Crippen LogP contribution in [0, 0.1) is 0 Å². The Morgan fingerprint density at radius 1 is 1.50 bits per heavy atom. The highest BCUT2D eigenvalue weighted by Gasteiger charge is 2.34. The normalized spacial score (nSPS) is 22.3. The van der Waals surface area contributed by atoms with E-state index in [0.717, 1.165) is 11.6 Å². The summed E-state index contributed by atoms with van der Waals surface area (Å²) in [5.41, 5.74) is 5.55. The summed E-state index contributed by atoms with van der Waals surface area (Å²) in [7, 11) is 0. The molecule has 0 saturated carbocycles. The molecule has 6 nitrogen and oxygen atoms in total. The van der Waals surface area contributed by atoms with Crippen molar-refractivity contribution in [2.24, 2.45) is 0 Å². The molecule has 0 bridgehead atoms. The van der Waals surface area contributed by atoms with E-state index in [-0.39, 0.29) is 24.2 Å². The summed E-state index contributed by atoms with van der Waals surface area (Å²) < 4.78 is 5.82. The molecule has 1 aromatic rings. The molecule has 1 fully saturated rings. The molecule has 3 N–H and O–H groups in total. The Labute approximate surface area is 120 Å². The van der Waals surface area contributed by atoms with E-state index in [1.54, 1.807) is 6.07 Å². The van der Waals surface area contributed by atoms with Gasteiger partial charge in [0, 0.05) is 25.1 Å². The Morgan fingerprint density at radius 2 is 2.20 bits per heavy atom. The van der Waals surface area contributed by atoms with Crippen molar-refractivity contribution in [2.45, 2.75) is 45.3 Å². The van der Waals surface area contributed by atoms with Crippen LogP contribution in [0.2, 0.25) is 0 Å². The first-order valence-electron chi connectivity index (χ1n) is 6.99. The average molecular weight is 280 g/mol. The van der Waals surface area contributed by atoms with Crippen molar-refractivity contribution in [3.63, 3.8) is 0 Å². The number of anilines is 2. The van der Waals surface area contributed by atoms with Crippen LogP contribution in [0.15, 0.2) is 6.07 Å². The fraction of sp³-hybridized carbons (Fsp3) is 0.714. The van der Waals surface area contributed by atoms with Crippen molar-refractivity contribution >= 4 is 11.6 Å². The molecule has 0 radical (unpaired) electrons. The fourth-order valence-electron chi connectivity index (χ4n) is 2.46. The maximum absolute atomic E-state index is 9.38. The van der Waals surface area contributed by atoms with Crippen molar-refractivity contribution in [3.05, 3.63) is 11.9 Å². The van der Waals surface area contributed by atoms with E-state index < -0.39 is 0 Å². The molecule has 20 heavy (non-hydrogen) atoms. The van der Waals surface area contributed by atoms with E-state index in [1.165, 1.54) is 0 Å². The van der Waals surface area contributed by atoms with Crippen molar-refractivity contribution in [1.29, 1.82) is 0 Å². The molecule has 1 aliphatic heterocycles. The zero-order chi connectivity index (χ0) is 14.9. The maximum atomic E-state index is 9.38. The topological polar surface area (TPSA) is 84.5 Å². The molecule has 0 spiro atoms. The number of aliphatic hydroxyl groups excluding tert-OH is 1. The average Bonchev–Trinajstić information content (AvgIpc) is 2.36. The Bertz CT molecular complexity index is 476. The lowest BCUT2D eigenvalue weighted by atomic mass is 10.1. The third-order valence-corrected chi connectivity index (χ3v) is 3.28. The fourth-order valence-corrected chi connectivity index (χ4v) is 2.46. The van der Waals surface area contributed by atoms with Crippen molar-refractivity contribution in [1.82, 2.24) is 9.97 Å². The maximum Gasteiger partial charge on any atom is 0.135 e. The Balaban J connectivity index is 2.30. The van der Waals surface area contributed by atoms with Crippen LogP contribution in [0.3, 0.4) is 0 Å². The van der Waals surface area contributed by atoms with Gasteiger partial charge >= 0.3 is 0 Å². The third kappa shape index (κ3) is 3.37. The first-order valence-corrected chi connectivity index (χ1v) is 6.99. The molecule has 6 heteroatoms. The second kappa shape index (κ2) is 5.54. The van der Waals surface area contributed by atoms with Crippen molar-refractivity contribution in [2.75, 3.05) is 30.3 Å². The van der Waals surface area contributed by atoms with Crippen LogP contribution in [0.25, 0.3) is 0 Å². The van der Waals surface area contributed by atoms with Gasteiger partial charge in [0.05, 0.1) is 18.3 Å². The van der Waals surface area contributed by atoms with Gasteiger partial charge in [-0.2, -0.15) is 0 Å². The summed E-state index contributed by atoms with van der Waals surface area (Å²) in [6.45, 7) is 9.41. The quantitative estimate of drug-likeness (QED) is 0.864. The molecular formula is C14H24N4O2. The molecule has 1 atom stereocenters. The lowest BCUT2D eigenvalue weighted by Gasteiger charge is -2.42. The Hall–Kier alpha value is -1.40. The predicted molar refractivity (Wildman–Crippen MR) is 78.8 cm³/mol. The Kier molecular flexibility index (Phi) is 4.15. The molecule has 2 heterocycles. The standard InChI is InChI=1S/C14H24N4O2/c1-9(2)13-16-11(15)5-12(17-13)18-6-10(7-19)20-14(3,4)8-18/h5,9-10,19H,6-8H2,1-4H3,(H2,15,16,17). The molecule has 1 unspecified atom stereocenters. The number of ether oxygens (including phenoxy) is 1. The molecule has 1 aromatic heterocycles. The molecule has 0 amide bonds. The number of aromatic nitrogens is 2. The van der Waals surface area contributed by atoms with Gasteiger partial charge in [-0.3, -0.25) is 0 Å². The summed E-state index contributed by atoms with van der Waals surface area (Å²) in [5.74, 6) is 2.24. The number of nitrogens with two attached hydrogens (primary N) is 1. The minimum atomic E-state index is -0.330. The lowest BCUT2D eigenvalue weighted by molar-refractivity contribution is -0.101. The van der Waals surface area contributed by atoms with Crippen LogP contribution in [0.5, 0.6) is 0 Å². The van der Waals surface area contributed by atoms with Gasteiger partial charge in [-0.1, -0.05) is 13.8 Å². The minimum Gasteiger partial charge on any atom is -0.394 e. The van der Waals surface area contributed by atoms with Gasteiger partial charge in [0.15, 0.2) is 0 Å². The number of hydrogen-bond donors (Lipinski definition) is 2. The number of nitrogen functional groups attached to an aromatic ring is 1. The van der Waals surface area contributed by atoms with Crippen LogP contribution in [-0.4, -0.2) is 46.5 Å². The number of rotatable bonds is 3. The van der Waals surface area contributed by atoms with Gasteiger partial charge in [-0.15, -0.1) is 0 Å². The van der Waals surface area contributed by atoms with Crippen molar-refractivity contribution in [3.8, 4) is 0 Å². The van der Waals surface area contributed by atoms with E-state index in [0.29, 0.717) is 18.9 Å². The van der Waals surface area contributed by atoms with Crippen molar-refractivity contribution < 1.29 is 9.84 Å². The van der Waals surface area contributed by atoms with Gasteiger partial charge in [0.25, 0.3) is 0 Å². The molecular weight excluding hydrogens is 256 g/mol. The first kappa shape index (κ1) is 15.0. The molecule has 0 aromatic carbocycles. The smallest absolute Gasteiger partial charge is 0.135 e. The number of morpholine rings is 1. The summed E-state index contributed by atoms with van der Waals surface area (Å²) in [5, 5.41) is 9.38. The highest BCUT2D eigenvalue weighted by atomic mass is 16.5. The molecule has 1 saturated heterocycles. The predicted octanol–water partition coefficient (Wildman–Crippen LogP) is 1.16. The molecule has 0 aliphatic carbocycles. The molecule has 2 rings (SSSR count). The largest absolute Gasteiger partial charge is 0.394 e. The minimum absolute atomic E-state index is 0.00245. The molecule has 1 aliphatic rings. The van der Waals surface area contributed by atoms with Gasteiger partial charge in [-0.25, -0.2) is 9.97 Å².